The highest BCUT2D eigenvalue weighted by Crippen LogP contribution is 2.40. The molecule has 0 amide bonds. The minimum atomic E-state index is -0.595. The Hall–Kier alpha value is -2.63. The molecule has 0 aliphatic carbocycles. The van der Waals surface area contributed by atoms with E-state index in [4.69, 9.17) is 22.1 Å². The van der Waals surface area contributed by atoms with Crippen LogP contribution in [0.25, 0.3) is 10.4 Å². The van der Waals surface area contributed by atoms with Gasteiger partial charge in [-0.05, 0) is 43.7 Å². The van der Waals surface area contributed by atoms with E-state index in [1.54, 1.807) is 31.2 Å². The van der Waals surface area contributed by atoms with E-state index in [9.17, 15) is 9.59 Å². The number of ketones is 1. The van der Waals surface area contributed by atoms with Crippen LogP contribution in [0.15, 0.2) is 48.5 Å². The highest BCUT2D eigenvalue weighted by molar-refractivity contribution is 7.20. The second-order valence-corrected chi connectivity index (χ2v) is 7.46. The Morgan fingerprint density at radius 3 is 2.26 bits per heavy atom. The summed E-state index contributed by atoms with van der Waals surface area (Å²) in [6.45, 7) is 3.89. The van der Waals surface area contributed by atoms with Gasteiger partial charge in [-0.3, -0.25) is 4.79 Å². The molecule has 0 saturated carbocycles. The van der Waals surface area contributed by atoms with Crippen LogP contribution in [0.3, 0.4) is 0 Å². The van der Waals surface area contributed by atoms with Crippen LogP contribution in [0.2, 0.25) is 5.02 Å². The Bertz CT molecular complexity index is 992. The SMILES string of the molecule is CCOC(=O)c1c(N)sc(-c2ccc(C)cc2)c1C(=O)c1ccc(Cl)cc1. The number of rotatable bonds is 5. The standard InChI is InChI=1S/C21H18ClNO3S/c1-3-26-21(25)17-16(18(24)13-8-10-15(22)11-9-13)19(27-20(17)23)14-6-4-12(2)5-7-14/h4-11H,3,23H2,1-2H3. The number of carbonyl (C=O) groups is 2. The molecule has 0 aliphatic rings. The molecule has 0 atom stereocenters. The van der Waals surface area contributed by atoms with Gasteiger partial charge in [0.2, 0.25) is 0 Å². The highest BCUT2D eigenvalue weighted by Gasteiger charge is 2.29. The van der Waals surface area contributed by atoms with Gasteiger partial charge in [0.15, 0.2) is 5.78 Å². The first-order valence-corrected chi connectivity index (χ1v) is 9.58. The summed E-state index contributed by atoms with van der Waals surface area (Å²) in [5.41, 5.74) is 8.86. The molecule has 6 heteroatoms. The molecule has 0 fully saturated rings. The molecule has 1 heterocycles. The molecule has 0 unspecified atom stereocenters. The van der Waals surface area contributed by atoms with Gasteiger partial charge in [-0.15, -0.1) is 11.3 Å². The van der Waals surface area contributed by atoms with E-state index in [1.165, 1.54) is 11.3 Å². The number of halogens is 1. The molecule has 3 rings (SSSR count). The van der Waals surface area contributed by atoms with E-state index >= 15 is 0 Å². The summed E-state index contributed by atoms with van der Waals surface area (Å²) in [6.07, 6.45) is 0. The first-order chi connectivity index (χ1) is 12.9. The fraction of sp³-hybridized carbons (Fsp3) is 0.143. The number of carbonyl (C=O) groups excluding carboxylic acids is 2. The number of hydrogen-bond acceptors (Lipinski definition) is 5. The van der Waals surface area contributed by atoms with Crippen LogP contribution in [-0.4, -0.2) is 18.4 Å². The van der Waals surface area contributed by atoms with Crippen LogP contribution < -0.4 is 5.73 Å². The van der Waals surface area contributed by atoms with Gasteiger partial charge in [0.1, 0.15) is 10.6 Å². The average molecular weight is 400 g/mol. The number of hydrogen-bond donors (Lipinski definition) is 1. The zero-order valence-corrected chi connectivity index (χ0v) is 16.5. The number of ether oxygens (including phenoxy) is 1. The predicted molar refractivity (Wildman–Crippen MR) is 110 cm³/mol. The topological polar surface area (TPSA) is 69.4 Å². The van der Waals surface area contributed by atoms with Crippen molar-refractivity contribution in [3.05, 3.63) is 75.8 Å². The zero-order valence-electron chi connectivity index (χ0n) is 14.9. The molecule has 0 spiro atoms. The number of nitrogens with two attached hydrogens (primary N) is 1. The fourth-order valence-corrected chi connectivity index (χ4v) is 3.91. The summed E-state index contributed by atoms with van der Waals surface area (Å²) in [4.78, 5) is 26.4. The highest BCUT2D eigenvalue weighted by atomic mass is 35.5. The maximum Gasteiger partial charge on any atom is 0.341 e. The molecule has 3 aromatic rings. The maximum absolute atomic E-state index is 13.3. The smallest absolute Gasteiger partial charge is 0.341 e. The lowest BCUT2D eigenvalue weighted by Crippen LogP contribution is -2.13. The molecule has 2 N–H and O–H groups in total. The minimum Gasteiger partial charge on any atom is -0.462 e. The third-order valence-electron chi connectivity index (χ3n) is 4.06. The minimum absolute atomic E-state index is 0.123. The van der Waals surface area contributed by atoms with E-state index in [-0.39, 0.29) is 28.5 Å². The lowest BCUT2D eigenvalue weighted by atomic mass is 9.96. The van der Waals surface area contributed by atoms with Gasteiger partial charge in [0.25, 0.3) is 0 Å². The van der Waals surface area contributed by atoms with Crippen molar-refractivity contribution in [2.75, 3.05) is 12.3 Å². The second kappa shape index (κ2) is 7.94. The van der Waals surface area contributed by atoms with Crippen molar-refractivity contribution in [1.82, 2.24) is 0 Å². The van der Waals surface area contributed by atoms with Crippen LogP contribution in [-0.2, 0) is 4.74 Å². The third-order valence-corrected chi connectivity index (χ3v) is 5.38. The van der Waals surface area contributed by atoms with Crippen molar-refractivity contribution in [2.45, 2.75) is 13.8 Å². The summed E-state index contributed by atoms with van der Waals surface area (Å²) in [7, 11) is 0. The molecule has 1 aromatic heterocycles. The van der Waals surface area contributed by atoms with Crippen LogP contribution in [0.1, 0.15) is 38.8 Å². The quantitative estimate of drug-likeness (QED) is 0.462. The summed E-state index contributed by atoms with van der Waals surface area (Å²) in [5.74, 6) is -0.889. The van der Waals surface area contributed by atoms with Crippen LogP contribution in [0, 0.1) is 6.92 Å². The lowest BCUT2D eigenvalue weighted by Gasteiger charge is -2.08. The number of nitrogen functional groups attached to an aromatic ring is 1. The Kier molecular flexibility index (Phi) is 5.63. The Morgan fingerprint density at radius 2 is 1.67 bits per heavy atom. The molecule has 4 nitrogen and oxygen atoms in total. The Balaban J connectivity index is 2.21. The van der Waals surface area contributed by atoms with E-state index in [1.807, 2.05) is 31.2 Å². The number of aryl methyl sites for hydroxylation is 1. The Morgan fingerprint density at radius 1 is 1.04 bits per heavy atom. The van der Waals surface area contributed by atoms with Gasteiger partial charge in [0, 0.05) is 15.5 Å². The van der Waals surface area contributed by atoms with Crippen molar-refractivity contribution >= 4 is 39.7 Å². The van der Waals surface area contributed by atoms with Crippen molar-refractivity contribution < 1.29 is 14.3 Å². The molecular formula is C21H18ClNO3S. The van der Waals surface area contributed by atoms with E-state index in [0.717, 1.165) is 11.1 Å². The molecule has 27 heavy (non-hydrogen) atoms. The molecular weight excluding hydrogens is 382 g/mol. The first-order valence-electron chi connectivity index (χ1n) is 8.39. The molecule has 138 valence electrons. The largest absolute Gasteiger partial charge is 0.462 e. The zero-order chi connectivity index (χ0) is 19.6. The molecule has 0 aliphatic heterocycles. The summed E-state index contributed by atoms with van der Waals surface area (Å²) < 4.78 is 5.14. The van der Waals surface area contributed by atoms with Crippen molar-refractivity contribution in [3.8, 4) is 10.4 Å². The molecule has 2 aromatic carbocycles. The average Bonchev–Trinajstić information content (AvgIpc) is 3.00. The number of anilines is 1. The first kappa shape index (κ1) is 19.1. The van der Waals surface area contributed by atoms with Crippen LogP contribution in [0.5, 0.6) is 0 Å². The van der Waals surface area contributed by atoms with Crippen molar-refractivity contribution in [3.63, 3.8) is 0 Å². The normalized spacial score (nSPS) is 10.6. The van der Waals surface area contributed by atoms with Gasteiger partial charge in [-0.2, -0.15) is 0 Å². The third kappa shape index (κ3) is 3.89. The number of thiophene rings is 1. The van der Waals surface area contributed by atoms with Gasteiger partial charge in [-0.25, -0.2) is 4.79 Å². The van der Waals surface area contributed by atoms with Crippen molar-refractivity contribution in [2.24, 2.45) is 0 Å². The second-order valence-electron chi connectivity index (χ2n) is 5.97. The fourth-order valence-electron chi connectivity index (χ4n) is 2.73. The van der Waals surface area contributed by atoms with Crippen LogP contribution in [0.4, 0.5) is 5.00 Å². The van der Waals surface area contributed by atoms with Crippen molar-refractivity contribution in [1.29, 1.82) is 0 Å². The molecule has 0 saturated heterocycles. The van der Waals surface area contributed by atoms with Gasteiger partial charge in [0.05, 0.1) is 12.2 Å². The number of benzene rings is 2. The van der Waals surface area contributed by atoms with E-state index in [2.05, 4.69) is 0 Å². The molecule has 0 radical (unpaired) electrons. The van der Waals surface area contributed by atoms with Gasteiger partial charge >= 0.3 is 5.97 Å². The van der Waals surface area contributed by atoms with E-state index < -0.39 is 5.97 Å². The molecule has 0 bridgehead atoms. The van der Waals surface area contributed by atoms with Gasteiger partial charge in [-0.1, -0.05) is 41.4 Å². The lowest BCUT2D eigenvalue weighted by molar-refractivity contribution is 0.0525. The maximum atomic E-state index is 13.3. The van der Waals surface area contributed by atoms with E-state index in [0.29, 0.717) is 15.5 Å². The summed E-state index contributed by atoms with van der Waals surface area (Å²) in [6, 6.07) is 14.3. The number of esters is 1. The predicted octanol–water partition coefficient (Wildman–Crippen LogP) is 5.37. The summed E-state index contributed by atoms with van der Waals surface area (Å²) >= 11 is 7.14. The Labute approximate surface area is 166 Å². The van der Waals surface area contributed by atoms with Crippen LogP contribution >= 0.6 is 22.9 Å². The van der Waals surface area contributed by atoms with Gasteiger partial charge < -0.3 is 10.5 Å². The monoisotopic (exact) mass is 399 g/mol. The summed E-state index contributed by atoms with van der Waals surface area (Å²) in [5, 5.41) is 0.794.